The van der Waals surface area contributed by atoms with Crippen LogP contribution in [0.5, 0.6) is 0 Å². The van der Waals surface area contributed by atoms with Gasteiger partial charge in [0.2, 0.25) is 0 Å². The summed E-state index contributed by atoms with van der Waals surface area (Å²) in [7, 11) is 0. The van der Waals surface area contributed by atoms with Crippen LogP contribution in [0.1, 0.15) is 41.5 Å². The van der Waals surface area contributed by atoms with Gasteiger partial charge in [-0.1, -0.05) is 84.9 Å². The van der Waals surface area contributed by atoms with Crippen LogP contribution in [-0.2, 0) is 10.4 Å². The highest BCUT2D eigenvalue weighted by molar-refractivity contribution is 5.83. The van der Waals surface area contributed by atoms with Gasteiger partial charge in [-0.15, -0.1) is 0 Å². The Morgan fingerprint density at radius 1 is 0.800 bits per heavy atom. The van der Waals surface area contributed by atoms with Crippen LogP contribution in [0.15, 0.2) is 97.1 Å². The van der Waals surface area contributed by atoms with Gasteiger partial charge in [0.15, 0.2) is 0 Å². The third-order valence-corrected chi connectivity index (χ3v) is 6.27. The first kappa shape index (κ1) is 18.7. The normalized spacial score (nSPS) is 24.1. The molecule has 30 heavy (non-hydrogen) atoms. The Kier molecular flexibility index (Phi) is 4.68. The van der Waals surface area contributed by atoms with Crippen molar-refractivity contribution in [1.29, 1.82) is 0 Å². The molecule has 3 nitrogen and oxygen atoms in total. The van der Waals surface area contributed by atoms with Crippen molar-refractivity contribution in [1.82, 2.24) is 4.98 Å². The van der Waals surface area contributed by atoms with Gasteiger partial charge in [-0.3, -0.25) is 9.78 Å². The molecule has 5 rings (SSSR count). The van der Waals surface area contributed by atoms with Crippen molar-refractivity contribution >= 4 is 16.7 Å². The van der Waals surface area contributed by atoms with Gasteiger partial charge in [0.25, 0.3) is 0 Å². The predicted molar refractivity (Wildman–Crippen MR) is 118 cm³/mol. The van der Waals surface area contributed by atoms with E-state index in [2.05, 4.69) is 6.07 Å². The molecule has 1 heterocycles. The summed E-state index contributed by atoms with van der Waals surface area (Å²) in [6, 6.07) is 31.7. The van der Waals surface area contributed by atoms with Gasteiger partial charge < -0.3 is 5.11 Å². The highest BCUT2D eigenvalue weighted by atomic mass is 16.3. The Labute approximate surface area is 176 Å². The Morgan fingerprint density at radius 2 is 1.47 bits per heavy atom. The molecule has 0 aliphatic heterocycles. The SMILES string of the molecule is O=C1CC(c2ccccc2)C(c2ccc3ccccc3n2)C(O)(c2ccccc2)C1. The summed E-state index contributed by atoms with van der Waals surface area (Å²) in [5.41, 5.74) is 2.22. The van der Waals surface area contributed by atoms with E-state index in [0.29, 0.717) is 6.42 Å². The molecular weight excluding hydrogens is 370 g/mol. The standard InChI is InChI=1S/C27H23NO2/c29-22-17-23(19-9-3-1-4-10-19)26(27(30,18-22)21-12-5-2-6-13-21)25-16-15-20-11-7-8-14-24(20)28-25/h1-16,23,26,30H,17-18H2. The number of hydrogen-bond acceptors (Lipinski definition) is 3. The predicted octanol–water partition coefficient (Wildman–Crippen LogP) is 5.35. The minimum atomic E-state index is -1.31. The van der Waals surface area contributed by atoms with Crippen molar-refractivity contribution in [2.75, 3.05) is 0 Å². The molecule has 1 fully saturated rings. The summed E-state index contributed by atoms with van der Waals surface area (Å²) in [6.45, 7) is 0. The lowest BCUT2D eigenvalue weighted by molar-refractivity contribution is -0.132. The summed E-state index contributed by atoms with van der Waals surface area (Å²) >= 11 is 0. The van der Waals surface area contributed by atoms with Crippen LogP contribution in [-0.4, -0.2) is 15.9 Å². The number of para-hydroxylation sites is 1. The fourth-order valence-corrected chi connectivity index (χ4v) is 4.90. The number of aromatic nitrogens is 1. The third-order valence-electron chi connectivity index (χ3n) is 6.27. The van der Waals surface area contributed by atoms with E-state index < -0.39 is 5.60 Å². The van der Waals surface area contributed by atoms with Crippen molar-refractivity contribution < 1.29 is 9.90 Å². The maximum atomic E-state index is 12.8. The molecule has 148 valence electrons. The van der Waals surface area contributed by atoms with Gasteiger partial charge in [0.05, 0.1) is 5.52 Å². The van der Waals surface area contributed by atoms with Crippen molar-refractivity contribution in [3.8, 4) is 0 Å². The fraction of sp³-hybridized carbons (Fsp3) is 0.185. The third kappa shape index (κ3) is 3.21. The Morgan fingerprint density at radius 3 is 2.23 bits per heavy atom. The van der Waals surface area contributed by atoms with Gasteiger partial charge in [-0.2, -0.15) is 0 Å². The number of fused-ring (bicyclic) bond motifs is 1. The molecule has 3 unspecified atom stereocenters. The Balaban J connectivity index is 1.73. The van der Waals surface area contributed by atoms with Gasteiger partial charge in [0.1, 0.15) is 11.4 Å². The van der Waals surface area contributed by atoms with Crippen molar-refractivity contribution in [3.63, 3.8) is 0 Å². The molecule has 1 aromatic heterocycles. The number of hydrogen-bond donors (Lipinski definition) is 1. The van der Waals surface area contributed by atoms with E-state index in [-0.39, 0.29) is 24.0 Å². The van der Waals surface area contributed by atoms with Crippen molar-refractivity contribution in [3.05, 3.63) is 114 Å². The van der Waals surface area contributed by atoms with E-state index in [1.807, 2.05) is 91.0 Å². The lowest BCUT2D eigenvalue weighted by Crippen LogP contribution is -2.44. The van der Waals surface area contributed by atoms with Crippen molar-refractivity contribution in [2.45, 2.75) is 30.3 Å². The molecule has 1 saturated carbocycles. The number of carbonyl (C=O) groups is 1. The number of rotatable bonds is 3. The second-order valence-corrected chi connectivity index (χ2v) is 8.13. The van der Waals surface area contributed by atoms with Crippen LogP contribution in [0.3, 0.4) is 0 Å². The minimum absolute atomic E-state index is 0.0762. The first-order chi connectivity index (χ1) is 14.6. The molecule has 3 atom stereocenters. The molecule has 0 spiro atoms. The zero-order valence-electron chi connectivity index (χ0n) is 16.6. The quantitative estimate of drug-likeness (QED) is 0.510. The molecule has 0 bridgehead atoms. The van der Waals surface area contributed by atoms with E-state index in [4.69, 9.17) is 4.98 Å². The second kappa shape index (κ2) is 7.51. The van der Waals surface area contributed by atoms with Crippen LogP contribution < -0.4 is 0 Å². The van der Waals surface area contributed by atoms with Crippen LogP contribution in [0.25, 0.3) is 10.9 Å². The molecule has 3 heteroatoms. The monoisotopic (exact) mass is 393 g/mol. The summed E-state index contributed by atoms with van der Waals surface area (Å²) in [6.07, 6.45) is 0.498. The minimum Gasteiger partial charge on any atom is -0.384 e. The number of pyridine rings is 1. The first-order valence-electron chi connectivity index (χ1n) is 10.4. The molecule has 1 aliphatic rings. The Hall–Kier alpha value is -3.30. The van der Waals surface area contributed by atoms with Gasteiger partial charge >= 0.3 is 0 Å². The highest BCUT2D eigenvalue weighted by Crippen LogP contribution is 2.52. The molecule has 0 radical (unpaired) electrons. The molecule has 3 aromatic carbocycles. The van der Waals surface area contributed by atoms with Crippen LogP contribution in [0, 0.1) is 0 Å². The topological polar surface area (TPSA) is 50.2 Å². The zero-order chi connectivity index (χ0) is 20.6. The lowest BCUT2D eigenvalue weighted by Gasteiger charge is -2.44. The first-order valence-corrected chi connectivity index (χ1v) is 10.4. The average Bonchev–Trinajstić information content (AvgIpc) is 2.79. The van der Waals surface area contributed by atoms with E-state index in [1.165, 1.54) is 0 Å². The number of ketones is 1. The number of aliphatic hydroxyl groups is 1. The maximum absolute atomic E-state index is 12.8. The van der Waals surface area contributed by atoms with E-state index >= 15 is 0 Å². The summed E-state index contributed by atoms with van der Waals surface area (Å²) < 4.78 is 0. The number of carbonyl (C=O) groups excluding carboxylic acids is 1. The van der Waals surface area contributed by atoms with Crippen LogP contribution >= 0.6 is 0 Å². The molecule has 4 aromatic rings. The Bertz CT molecular complexity index is 1190. The highest BCUT2D eigenvalue weighted by Gasteiger charge is 2.50. The number of Topliss-reactive ketones (excluding diaryl/α,β-unsaturated/α-hetero) is 1. The van der Waals surface area contributed by atoms with Gasteiger partial charge in [0, 0.05) is 35.8 Å². The molecular formula is C27H23NO2. The van der Waals surface area contributed by atoms with E-state index in [1.54, 1.807) is 0 Å². The average molecular weight is 393 g/mol. The van der Waals surface area contributed by atoms with Gasteiger partial charge in [-0.25, -0.2) is 0 Å². The number of benzene rings is 3. The van der Waals surface area contributed by atoms with E-state index in [9.17, 15) is 9.90 Å². The van der Waals surface area contributed by atoms with Crippen molar-refractivity contribution in [2.24, 2.45) is 0 Å². The van der Waals surface area contributed by atoms with Gasteiger partial charge in [-0.05, 0) is 23.3 Å². The molecule has 0 amide bonds. The summed E-state index contributed by atoms with van der Waals surface area (Å²) in [4.78, 5) is 17.8. The molecule has 0 saturated heterocycles. The summed E-state index contributed by atoms with van der Waals surface area (Å²) in [5, 5.41) is 13.1. The summed E-state index contributed by atoms with van der Waals surface area (Å²) in [5.74, 6) is -0.400. The lowest BCUT2D eigenvalue weighted by atomic mass is 9.62. The van der Waals surface area contributed by atoms with E-state index in [0.717, 1.165) is 27.7 Å². The molecule has 1 N–H and O–H groups in total. The molecule has 1 aliphatic carbocycles. The number of nitrogens with zero attached hydrogens (tertiary/aromatic N) is 1. The fourth-order valence-electron chi connectivity index (χ4n) is 4.90. The zero-order valence-corrected chi connectivity index (χ0v) is 16.6. The van der Waals surface area contributed by atoms with Crippen LogP contribution in [0.2, 0.25) is 0 Å². The maximum Gasteiger partial charge on any atom is 0.136 e. The van der Waals surface area contributed by atoms with Crippen LogP contribution in [0.4, 0.5) is 0 Å². The second-order valence-electron chi connectivity index (χ2n) is 8.13. The smallest absolute Gasteiger partial charge is 0.136 e. The largest absolute Gasteiger partial charge is 0.384 e.